The van der Waals surface area contributed by atoms with E-state index in [-0.39, 0.29) is 0 Å². The highest BCUT2D eigenvalue weighted by Crippen LogP contribution is 2.18. The first kappa shape index (κ1) is 17.8. The van der Waals surface area contributed by atoms with Crippen LogP contribution in [0.5, 0.6) is 0 Å². The summed E-state index contributed by atoms with van der Waals surface area (Å²) in [5.41, 5.74) is 1.23. The van der Waals surface area contributed by atoms with E-state index in [1.54, 1.807) is 0 Å². The molecule has 1 aromatic heterocycles. The number of likely N-dealkylation sites (tertiary alicyclic amines) is 1. The molecule has 1 aliphatic rings. The van der Waals surface area contributed by atoms with Crippen LogP contribution >= 0.6 is 0 Å². The van der Waals surface area contributed by atoms with Crippen molar-refractivity contribution in [1.29, 1.82) is 0 Å². The van der Waals surface area contributed by atoms with Gasteiger partial charge in [-0.2, -0.15) is 5.10 Å². The zero-order valence-electron chi connectivity index (χ0n) is 15.2. The first-order chi connectivity index (χ1) is 11.0. The van der Waals surface area contributed by atoms with E-state index in [2.05, 4.69) is 54.5 Å². The van der Waals surface area contributed by atoms with Gasteiger partial charge in [-0.1, -0.05) is 6.92 Å². The maximum atomic E-state index is 4.72. The van der Waals surface area contributed by atoms with Gasteiger partial charge in [0.05, 0.1) is 6.20 Å². The van der Waals surface area contributed by atoms with E-state index in [0.717, 1.165) is 38.6 Å². The fourth-order valence-corrected chi connectivity index (χ4v) is 3.01. The lowest BCUT2D eigenvalue weighted by Crippen LogP contribution is -2.46. The number of hydrogen-bond acceptors (Lipinski definition) is 3. The highest BCUT2D eigenvalue weighted by Gasteiger charge is 2.31. The van der Waals surface area contributed by atoms with Crippen molar-refractivity contribution in [3.05, 3.63) is 18.0 Å². The minimum Gasteiger partial charge on any atom is -0.357 e. The van der Waals surface area contributed by atoms with Crippen molar-refractivity contribution in [2.75, 3.05) is 26.2 Å². The van der Waals surface area contributed by atoms with Crippen LogP contribution in [0.4, 0.5) is 0 Å². The number of aromatic nitrogens is 2. The first-order valence-electron chi connectivity index (χ1n) is 8.76. The average Bonchev–Trinajstić information content (AvgIpc) is 3.06. The topological polar surface area (TPSA) is 57.5 Å². The molecular weight excluding hydrogens is 288 g/mol. The molecule has 2 unspecified atom stereocenters. The summed E-state index contributed by atoms with van der Waals surface area (Å²) in [4.78, 5) is 7.25. The molecule has 2 rings (SSSR count). The number of guanidine groups is 1. The second-order valence-electron chi connectivity index (χ2n) is 6.81. The van der Waals surface area contributed by atoms with Crippen LogP contribution in [0.15, 0.2) is 17.4 Å². The molecule has 0 bridgehead atoms. The van der Waals surface area contributed by atoms with Crippen LogP contribution in [0.3, 0.4) is 0 Å². The first-order valence-corrected chi connectivity index (χ1v) is 8.76. The third-order valence-electron chi connectivity index (χ3n) is 4.47. The zero-order chi connectivity index (χ0) is 16.8. The Hall–Kier alpha value is -1.56. The number of hydrogen-bond donors (Lipinski definition) is 2. The molecule has 2 atom stereocenters. The molecule has 0 radical (unpaired) electrons. The largest absolute Gasteiger partial charge is 0.357 e. The minimum absolute atomic E-state index is 0.466. The predicted octanol–water partition coefficient (Wildman–Crippen LogP) is 1.25. The summed E-state index contributed by atoms with van der Waals surface area (Å²) in [5, 5.41) is 11.2. The molecule has 0 saturated carbocycles. The fraction of sp³-hybridized carbons (Fsp3) is 0.765. The van der Waals surface area contributed by atoms with Gasteiger partial charge in [0.15, 0.2) is 5.96 Å². The minimum atomic E-state index is 0.466. The van der Waals surface area contributed by atoms with Gasteiger partial charge in [-0.15, -0.1) is 0 Å². The van der Waals surface area contributed by atoms with Crippen LogP contribution in [-0.4, -0.2) is 58.9 Å². The standard InChI is InChI=1S/C17H32N6/c1-6-18-17(19-8-7-15-9-20-22(5)11-15)21-16-12-23(13(2)3)10-14(16)4/h9,11,13-14,16H,6-8,10,12H2,1-5H3,(H2,18,19,21). The average molecular weight is 320 g/mol. The van der Waals surface area contributed by atoms with Crippen molar-refractivity contribution in [3.8, 4) is 0 Å². The molecule has 1 aliphatic heterocycles. The van der Waals surface area contributed by atoms with E-state index in [0.29, 0.717) is 18.0 Å². The van der Waals surface area contributed by atoms with Gasteiger partial charge < -0.3 is 10.6 Å². The van der Waals surface area contributed by atoms with Crippen LogP contribution in [-0.2, 0) is 13.5 Å². The lowest BCUT2D eigenvalue weighted by atomic mass is 10.1. The van der Waals surface area contributed by atoms with Gasteiger partial charge in [-0.05, 0) is 38.7 Å². The molecule has 0 aliphatic carbocycles. The van der Waals surface area contributed by atoms with Crippen LogP contribution in [0, 0.1) is 5.92 Å². The summed E-state index contributed by atoms with van der Waals surface area (Å²) in [6.07, 6.45) is 4.88. The molecule has 23 heavy (non-hydrogen) atoms. The van der Waals surface area contributed by atoms with E-state index < -0.39 is 0 Å². The van der Waals surface area contributed by atoms with Crippen molar-refractivity contribution in [1.82, 2.24) is 25.3 Å². The lowest BCUT2D eigenvalue weighted by Gasteiger charge is -2.21. The van der Waals surface area contributed by atoms with E-state index in [4.69, 9.17) is 4.99 Å². The molecule has 2 heterocycles. The zero-order valence-corrected chi connectivity index (χ0v) is 15.2. The Morgan fingerprint density at radius 2 is 2.22 bits per heavy atom. The number of nitrogens with zero attached hydrogens (tertiary/aromatic N) is 4. The van der Waals surface area contributed by atoms with Gasteiger partial charge in [-0.25, -0.2) is 0 Å². The van der Waals surface area contributed by atoms with Crippen LogP contribution in [0.2, 0.25) is 0 Å². The second-order valence-corrected chi connectivity index (χ2v) is 6.81. The number of aryl methyl sites for hydroxylation is 1. The third-order valence-corrected chi connectivity index (χ3v) is 4.47. The normalized spacial score (nSPS) is 22.8. The molecule has 1 fully saturated rings. The maximum Gasteiger partial charge on any atom is 0.191 e. The number of nitrogens with one attached hydrogen (secondary N) is 2. The summed E-state index contributed by atoms with van der Waals surface area (Å²) in [6.45, 7) is 12.9. The van der Waals surface area contributed by atoms with E-state index in [1.165, 1.54) is 5.56 Å². The quantitative estimate of drug-likeness (QED) is 0.612. The summed E-state index contributed by atoms with van der Waals surface area (Å²) in [5.74, 6) is 1.57. The molecular formula is C17H32N6. The van der Waals surface area contributed by atoms with Gasteiger partial charge in [0, 0.05) is 51.5 Å². The van der Waals surface area contributed by atoms with Crippen molar-refractivity contribution in [2.45, 2.75) is 46.2 Å². The lowest BCUT2D eigenvalue weighted by molar-refractivity contribution is 0.265. The maximum absolute atomic E-state index is 4.72. The summed E-state index contributed by atoms with van der Waals surface area (Å²) < 4.78 is 1.84. The molecule has 0 amide bonds. The Morgan fingerprint density at radius 1 is 1.43 bits per heavy atom. The van der Waals surface area contributed by atoms with Crippen molar-refractivity contribution < 1.29 is 0 Å². The summed E-state index contributed by atoms with van der Waals surface area (Å²) in [7, 11) is 1.94. The van der Waals surface area contributed by atoms with E-state index in [9.17, 15) is 0 Å². The highest BCUT2D eigenvalue weighted by atomic mass is 15.3. The number of rotatable bonds is 6. The highest BCUT2D eigenvalue weighted by molar-refractivity contribution is 5.80. The van der Waals surface area contributed by atoms with Gasteiger partial charge in [-0.3, -0.25) is 14.6 Å². The molecule has 2 N–H and O–H groups in total. The molecule has 0 spiro atoms. The Morgan fingerprint density at radius 3 is 2.78 bits per heavy atom. The van der Waals surface area contributed by atoms with Crippen LogP contribution in [0.25, 0.3) is 0 Å². The molecule has 1 saturated heterocycles. The van der Waals surface area contributed by atoms with Gasteiger partial charge in [0.1, 0.15) is 0 Å². The van der Waals surface area contributed by atoms with Crippen LogP contribution in [0.1, 0.15) is 33.3 Å². The monoisotopic (exact) mass is 320 g/mol. The molecule has 1 aromatic rings. The van der Waals surface area contributed by atoms with Gasteiger partial charge >= 0.3 is 0 Å². The Balaban J connectivity index is 1.88. The Bertz CT molecular complexity index is 507. The molecule has 0 aromatic carbocycles. The SMILES string of the molecule is CCNC(=NCCc1cnn(C)c1)NC1CN(C(C)C)CC1C. The van der Waals surface area contributed by atoms with Crippen molar-refractivity contribution in [2.24, 2.45) is 18.0 Å². The second kappa shape index (κ2) is 8.34. The van der Waals surface area contributed by atoms with Crippen molar-refractivity contribution >= 4 is 5.96 Å². The number of aliphatic imine (C=N–C) groups is 1. The van der Waals surface area contributed by atoms with Crippen LogP contribution < -0.4 is 10.6 Å². The summed E-state index contributed by atoms with van der Waals surface area (Å²) in [6, 6.07) is 1.07. The summed E-state index contributed by atoms with van der Waals surface area (Å²) >= 11 is 0. The third kappa shape index (κ3) is 5.23. The smallest absolute Gasteiger partial charge is 0.191 e. The van der Waals surface area contributed by atoms with Gasteiger partial charge in [0.25, 0.3) is 0 Å². The Kier molecular flexibility index (Phi) is 6.45. The van der Waals surface area contributed by atoms with E-state index >= 15 is 0 Å². The van der Waals surface area contributed by atoms with Gasteiger partial charge in [0.2, 0.25) is 0 Å². The Labute approximate surface area is 140 Å². The molecule has 6 heteroatoms. The molecule has 130 valence electrons. The predicted molar refractivity (Wildman–Crippen MR) is 95.7 cm³/mol. The fourth-order valence-electron chi connectivity index (χ4n) is 3.01. The molecule has 6 nitrogen and oxygen atoms in total. The van der Waals surface area contributed by atoms with E-state index in [1.807, 2.05) is 17.9 Å². The van der Waals surface area contributed by atoms with Crippen molar-refractivity contribution in [3.63, 3.8) is 0 Å².